The molecular formula is C9H7NO4S2. The van der Waals surface area contributed by atoms with Crippen molar-refractivity contribution < 1.29 is 19.5 Å². The summed E-state index contributed by atoms with van der Waals surface area (Å²) in [5.41, 5.74) is -0.00130. The maximum Gasteiger partial charge on any atom is 0.338 e. The van der Waals surface area contributed by atoms with Gasteiger partial charge in [0.1, 0.15) is 5.00 Å². The SMILES string of the molecule is O=C(O)c1ccsc1N1C(=O)CSCC1=O. The van der Waals surface area contributed by atoms with Crippen molar-refractivity contribution in [2.75, 3.05) is 16.4 Å². The van der Waals surface area contributed by atoms with Gasteiger partial charge in [0.05, 0.1) is 17.1 Å². The van der Waals surface area contributed by atoms with Crippen LogP contribution in [0.5, 0.6) is 0 Å². The molecule has 84 valence electrons. The zero-order chi connectivity index (χ0) is 11.7. The molecule has 2 heterocycles. The van der Waals surface area contributed by atoms with E-state index in [1.165, 1.54) is 17.8 Å². The van der Waals surface area contributed by atoms with E-state index in [9.17, 15) is 14.4 Å². The number of imide groups is 1. The maximum absolute atomic E-state index is 11.6. The minimum Gasteiger partial charge on any atom is -0.478 e. The molecule has 0 saturated carbocycles. The normalized spacial score (nSPS) is 16.6. The number of carbonyl (C=O) groups is 3. The first-order valence-corrected chi connectivity index (χ1v) is 6.39. The van der Waals surface area contributed by atoms with Gasteiger partial charge in [-0.25, -0.2) is 9.69 Å². The Morgan fingerprint density at radius 3 is 2.50 bits per heavy atom. The maximum atomic E-state index is 11.6. The van der Waals surface area contributed by atoms with E-state index in [0.717, 1.165) is 16.2 Å². The summed E-state index contributed by atoms with van der Waals surface area (Å²) in [5, 5.41) is 10.7. The van der Waals surface area contributed by atoms with E-state index in [4.69, 9.17) is 5.11 Å². The molecule has 0 bridgehead atoms. The number of carboxylic acids is 1. The molecule has 1 aromatic heterocycles. The highest BCUT2D eigenvalue weighted by Crippen LogP contribution is 2.30. The summed E-state index contributed by atoms with van der Waals surface area (Å²) in [5.74, 6) is -1.42. The number of nitrogens with zero attached hydrogens (tertiary/aromatic N) is 1. The van der Waals surface area contributed by atoms with E-state index >= 15 is 0 Å². The van der Waals surface area contributed by atoms with E-state index in [2.05, 4.69) is 0 Å². The summed E-state index contributed by atoms with van der Waals surface area (Å²) in [6.45, 7) is 0. The van der Waals surface area contributed by atoms with Crippen LogP contribution in [-0.4, -0.2) is 34.4 Å². The lowest BCUT2D eigenvalue weighted by atomic mass is 10.3. The van der Waals surface area contributed by atoms with Gasteiger partial charge in [0.25, 0.3) is 0 Å². The number of carboxylic acid groups (broad SMARTS) is 1. The summed E-state index contributed by atoms with van der Waals surface area (Å²) >= 11 is 2.33. The van der Waals surface area contributed by atoms with Crippen LogP contribution in [0.15, 0.2) is 11.4 Å². The van der Waals surface area contributed by atoms with Gasteiger partial charge in [0.15, 0.2) is 0 Å². The molecule has 1 saturated heterocycles. The van der Waals surface area contributed by atoms with Crippen LogP contribution in [0.4, 0.5) is 5.00 Å². The Morgan fingerprint density at radius 2 is 1.94 bits per heavy atom. The summed E-state index contributed by atoms with van der Waals surface area (Å²) in [6.07, 6.45) is 0. The number of hydrogen-bond acceptors (Lipinski definition) is 5. The Bertz CT molecular complexity index is 452. The number of anilines is 1. The fraction of sp³-hybridized carbons (Fsp3) is 0.222. The molecule has 5 nitrogen and oxygen atoms in total. The van der Waals surface area contributed by atoms with Crippen LogP contribution in [0.3, 0.4) is 0 Å². The third kappa shape index (κ3) is 1.83. The quantitative estimate of drug-likeness (QED) is 0.802. The number of aromatic carboxylic acids is 1. The molecule has 0 radical (unpaired) electrons. The monoisotopic (exact) mass is 257 g/mol. The molecule has 1 N–H and O–H groups in total. The van der Waals surface area contributed by atoms with Crippen LogP contribution in [0, 0.1) is 0 Å². The predicted molar refractivity (Wildman–Crippen MR) is 61.1 cm³/mol. The molecule has 16 heavy (non-hydrogen) atoms. The minimum atomic E-state index is -1.13. The van der Waals surface area contributed by atoms with Crippen LogP contribution in [0.2, 0.25) is 0 Å². The van der Waals surface area contributed by atoms with Crippen molar-refractivity contribution in [1.82, 2.24) is 0 Å². The zero-order valence-electron chi connectivity index (χ0n) is 8.00. The lowest BCUT2D eigenvalue weighted by Crippen LogP contribution is -2.43. The highest BCUT2D eigenvalue weighted by Gasteiger charge is 2.31. The lowest BCUT2D eigenvalue weighted by molar-refractivity contribution is -0.124. The Kier molecular flexibility index (Phi) is 2.97. The van der Waals surface area contributed by atoms with Crippen LogP contribution in [0.1, 0.15) is 10.4 Å². The number of thiophene rings is 1. The second-order valence-electron chi connectivity index (χ2n) is 3.06. The van der Waals surface area contributed by atoms with Crippen LogP contribution in [0.25, 0.3) is 0 Å². The average Bonchev–Trinajstić information content (AvgIpc) is 2.66. The molecule has 0 spiro atoms. The van der Waals surface area contributed by atoms with E-state index in [1.54, 1.807) is 5.38 Å². The van der Waals surface area contributed by atoms with Crippen molar-refractivity contribution in [2.45, 2.75) is 0 Å². The molecule has 0 atom stereocenters. The fourth-order valence-electron chi connectivity index (χ4n) is 1.36. The van der Waals surface area contributed by atoms with Crippen LogP contribution in [-0.2, 0) is 9.59 Å². The Morgan fingerprint density at radius 1 is 1.31 bits per heavy atom. The summed E-state index contributed by atoms with van der Waals surface area (Å²) in [4.78, 5) is 35.0. The summed E-state index contributed by atoms with van der Waals surface area (Å²) < 4.78 is 0. The van der Waals surface area contributed by atoms with Crippen molar-refractivity contribution in [3.8, 4) is 0 Å². The molecule has 7 heteroatoms. The summed E-state index contributed by atoms with van der Waals surface area (Å²) in [6, 6.07) is 1.39. The number of amides is 2. The highest BCUT2D eigenvalue weighted by atomic mass is 32.2. The first-order chi connectivity index (χ1) is 7.61. The molecule has 1 fully saturated rings. The summed E-state index contributed by atoms with van der Waals surface area (Å²) in [7, 11) is 0. The van der Waals surface area contributed by atoms with Gasteiger partial charge in [-0.05, 0) is 11.4 Å². The van der Waals surface area contributed by atoms with E-state index < -0.39 is 5.97 Å². The van der Waals surface area contributed by atoms with Gasteiger partial charge in [-0.2, -0.15) is 0 Å². The lowest BCUT2D eigenvalue weighted by Gasteiger charge is -2.23. The van der Waals surface area contributed by atoms with Crippen molar-refractivity contribution in [3.63, 3.8) is 0 Å². The molecule has 2 rings (SSSR count). The first-order valence-electron chi connectivity index (χ1n) is 4.35. The molecular weight excluding hydrogens is 250 g/mol. The largest absolute Gasteiger partial charge is 0.478 e. The van der Waals surface area contributed by atoms with Crippen molar-refractivity contribution in [1.29, 1.82) is 0 Å². The van der Waals surface area contributed by atoms with Crippen molar-refractivity contribution >= 4 is 45.9 Å². The Hall–Kier alpha value is -1.34. The van der Waals surface area contributed by atoms with Gasteiger partial charge in [-0.15, -0.1) is 23.1 Å². The second-order valence-corrected chi connectivity index (χ2v) is 4.94. The number of thioether (sulfide) groups is 1. The first kappa shape index (κ1) is 11.2. The van der Waals surface area contributed by atoms with Gasteiger partial charge in [0.2, 0.25) is 11.8 Å². The molecule has 1 aromatic rings. The molecule has 1 aliphatic rings. The van der Waals surface area contributed by atoms with Gasteiger partial charge in [0, 0.05) is 0 Å². The zero-order valence-corrected chi connectivity index (χ0v) is 9.64. The van der Waals surface area contributed by atoms with Gasteiger partial charge >= 0.3 is 5.97 Å². The van der Waals surface area contributed by atoms with Gasteiger partial charge in [-0.1, -0.05) is 0 Å². The highest BCUT2D eigenvalue weighted by molar-refractivity contribution is 8.00. The van der Waals surface area contributed by atoms with Crippen molar-refractivity contribution in [3.05, 3.63) is 17.0 Å². The van der Waals surface area contributed by atoms with Crippen molar-refractivity contribution in [2.24, 2.45) is 0 Å². The topological polar surface area (TPSA) is 74.7 Å². The Labute approximate surface area is 99.1 Å². The standard InChI is InChI=1S/C9H7NO4S2/c11-6-3-15-4-7(12)10(6)8-5(9(13)14)1-2-16-8/h1-2H,3-4H2,(H,13,14). The molecule has 0 aliphatic carbocycles. The van der Waals surface area contributed by atoms with Gasteiger partial charge < -0.3 is 5.11 Å². The van der Waals surface area contributed by atoms with Crippen LogP contribution >= 0.6 is 23.1 Å². The van der Waals surface area contributed by atoms with E-state index in [0.29, 0.717) is 0 Å². The Balaban J connectivity index is 2.42. The number of rotatable bonds is 2. The second kappa shape index (κ2) is 4.26. The molecule has 1 aliphatic heterocycles. The van der Waals surface area contributed by atoms with Gasteiger partial charge in [-0.3, -0.25) is 9.59 Å². The van der Waals surface area contributed by atoms with E-state index in [1.807, 2.05) is 0 Å². The number of hydrogen-bond donors (Lipinski definition) is 1. The number of carbonyl (C=O) groups excluding carboxylic acids is 2. The average molecular weight is 257 g/mol. The third-order valence-electron chi connectivity index (χ3n) is 2.03. The molecule has 0 aromatic carbocycles. The fourth-order valence-corrected chi connectivity index (χ4v) is 2.99. The minimum absolute atomic E-state index is 0.00130. The smallest absolute Gasteiger partial charge is 0.338 e. The van der Waals surface area contributed by atoms with Crippen LogP contribution < -0.4 is 4.90 Å². The molecule has 0 unspecified atom stereocenters. The third-order valence-corrected chi connectivity index (χ3v) is 3.83. The molecule has 2 amide bonds. The predicted octanol–water partition coefficient (Wildman–Crippen LogP) is 1.05. The van der Waals surface area contributed by atoms with E-state index in [-0.39, 0.29) is 33.9 Å².